The first-order valence-corrected chi connectivity index (χ1v) is 7.45. The minimum absolute atomic E-state index is 0.794. The summed E-state index contributed by atoms with van der Waals surface area (Å²) in [6.45, 7) is 7.99. The lowest BCUT2D eigenvalue weighted by Gasteiger charge is -2.20. The van der Waals surface area contributed by atoms with E-state index in [1.54, 1.807) is 0 Å². The van der Waals surface area contributed by atoms with Crippen molar-refractivity contribution in [2.45, 2.75) is 33.7 Å². The van der Waals surface area contributed by atoms with Crippen LogP contribution in [0.2, 0.25) is 0 Å². The van der Waals surface area contributed by atoms with Gasteiger partial charge in [-0.15, -0.1) is 0 Å². The zero-order valence-electron chi connectivity index (χ0n) is 13.3. The van der Waals surface area contributed by atoms with Gasteiger partial charge < -0.3 is 10.2 Å². The molecule has 112 valence electrons. The molecule has 0 radical (unpaired) electrons. The molecule has 2 rings (SSSR count). The Morgan fingerprint density at radius 3 is 2.62 bits per heavy atom. The predicted octanol–water partition coefficient (Wildman–Crippen LogP) is 3.55. The van der Waals surface area contributed by atoms with Crippen molar-refractivity contribution < 1.29 is 0 Å². The Morgan fingerprint density at radius 2 is 1.90 bits per heavy atom. The van der Waals surface area contributed by atoms with Crippen molar-refractivity contribution in [3.63, 3.8) is 0 Å². The largest absolute Gasteiger partial charge is 0.370 e. The second kappa shape index (κ2) is 7.07. The number of nitrogens with zero attached hydrogens (tertiary/aromatic N) is 3. The van der Waals surface area contributed by atoms with Crippen LogP contribution in [-0.4, -0.2) is 23.6 Å². The summed E-state index contributed by atoms with van der Waals surface area (Å²) in [5.74, 6) is 2.64. The molecule has 1 aromatic carbocycles. The van der Waals surface area contributed by atoms with E-state index in [2.05, 4.69) is 65.3 Å². The highest BCUT2D eigenvalue weighted by Gasteiger charge is 2.08. The van der Waals surface area contributed by atoms with Gasteiger partial charge in [0.05, 0.1) is 0 Å². The monoisotopic (exact) mass is 284 g/mol. The Kier molecular flexibility index (Phi) is 5.14. The molecule has 0 aliphatic carbocycles. The van der Waals surface area contributed by atoms with Crippen LogP contribution >= 0.6 is 0 Å². The molecule has 0 aliphatic heterocycles. The molecule has 1 heterocycles. The Hall–Kier alpha value is -2.10. The maximum Gasteiger partial charge on any atom is 0.134 e. The van der Waals surface area contributed by atoms with Gasteiger partial charge in [-0.05, 0) is 31.4 Å². The average molecular weight is 284 g/mol. The van der Waals surface area contributed by atoms with Crippen molar-refractivity contribution in [1.29, 1.82) is 0 Å². The van der Waals surface area contributed by atoms with Crippen molar-refractivity contribution in [2.24, 2.45) is 0 Å². The fraction of sp³-hybridized carbons (Fsp3) is 0.412. The van der Waals surface area contributed by atoms with Gasteiger partial charge in [0.15, 0.2) is 0 Å². The molecule has 0 saturated heterocycles. The molecule has 0 amide bonds. The van der Waals surface area contributed by atoms with Gasteiger partial charge in [0.2, 0.25) is 0 Å². The number of aromatic nitrogens is 2. The van der Waals surface area contributed by atoms with Gasteiger partial charge in [-0.3, -0.25) is 0 Å². The van der Waals surface area contributed by atoms with Crippen LogP contribution in [0.1, 0.15) is 30.3 Å². The third-order valence-electron chi connectivity index (χ3n) is 3.44. The minimum Gasteiger partial charge on any atom is -0.370 e. The van der Waals surface area contributed by atoms with Crippen molar-refractivity contribution in [2.75, 3.05) is 23.8 Å². The summed E-state index contributed by atoms with van der Waals surface area (Å²) >= 11 is 0. The van der Waals surface area contributed by atoms with Crippen LogP contribution in [0.4, 0.5) is 11.6 Å². The van der Waals surface area contributed by atoms with Gasteiger partial charge in [0, 0.05) is 26.2 Å². The maximum atomic E-state index is 4.54. The molecule has 2 aromatic rings. The van der Waals surface area contributed by atoms with Gasteiger partial charge in [0.1, 0.15) is 17.5 Å². The van der Waals surface area contributed by atoms with Gasteiger partial charge in [-0.2, -0.15) is 0 Å². The van der Waals surface area contributed by atoms with E-state index in [-0.39, 0.29) is 0 Å². The van der Waals surface area contributed by atoms with Gasteiger partial charge >= 0.3 is 0 Å². The average Bonchev–Trinajstić information content (AvgIpc) is 2.47. The van der Waals surface area contributed by atoms with E-state index in [1.807, 2.05) is 13.0 Å². The number of rotatable bonds is 6. The first-order chi connectivity index (χ1) is 10.1. The van der Waals surface area contributed by atoms with Crippen molar-refractivity contribution >= 4 is 11.6 Å². The number of nitrogens with one attached hydrogen (secondary N) is 1. The summed E-state index contributed by atoms with van der Waals surface area (Å²) in [7, 11) is 2.07. The maximum absolute atomic E-state index is 4.54. The first kappa shape index (κ1) is 15.3. The molecule has 1 aromatic heterocycles. The molecule has 0 atom stereocenters. The lowest BCUT2D eigenvalue weighted by atomic mass is 10.1. The van der Waals surface area contributed by atoms with Crippen molar-refractivity contribution in [1.82, 2.24) is 9.97 Å². The van der Waals surface area contributed by atoms with Crippen LogP contribution in [0, 0.1) is 13.8 Å². The molecule has 0 fully saturated rings. The Morgan fingerprint density at radius 1 is 1.14 bits per heavy atom. The topological polar surface area (TPSA) is 41.0 Å². The van der Waals surface area contributed by atoms with E-state index in [4.69, 9.17) is 0 Å². The Bertz CT molecular complexity index is 595. The number of hydrogen-bond acceptors (Lipinski definition) is 4. The van der Waals surface area contributed by atoms with Crippen LogP contribution in [0.15, 0.2) is 30.3 Å². The molecule has 4 nitrogen and oxygen atoms in total. The number of hydrogen-bond donors (Lipinski definition) is 1. The molecule has 0 saturated carbocycles. The second-order valence-corrected chi connectivity index (χ2v) is 5.37. The van der Waals surface area contributed by atoms with E-state index in [0.717, 1.165) is 37.0 Å². The zero-order valence-corrected chi connectivity index (χ0v) is 13.3. The summed E-state index contributed by atoms with van der Waals surface area (Å²) in [5.41, 5.74) is 2.62. The van der Waals surface area contributed by atoms with Crippen LogP contribution < -0.4 is 10.2 Å². The smallest absolute Gasteiger partial charge is 0.134 e. The van der Waals surface area contributed by atoms with Crippen LogP contribution in [0.25, 0.3) is 0 Å². The summed E-state index contributed by atoms with van der Waals surface area (Å²) in [6.07, 6.45) is 1.08. The number of anilines is 2. The standard InChI is InChI=1S/C17H24N4/c1-5-10-18-16-11-17(20-14(3)19-16)21(4)12-15-9-7-6-8-13(15)2/h6-9,11H,5,10,12H2,1-4H3,(H,18,19,20). The highest BCUT2D eigenvalue weighted by Crippen LogP contribution is 2.18. The normalized spacial score (nSPS) is 10.5. The molecule has 0 bridgehead atoms. The van der Waals surface area contributed by atoms with Crippen molar-refractivity contribution in [3.05, 3.63) is 47.3 Å². The molecular weight excluding hydrogens is 260 g/mol. The SMILES string of the molecule is CCCNc1cc(N(C)Cc2ccccc2C)nc(C)n1. The third kappa shape index (κ3) is 4.18. The van der Waals surface area contributed by atoms with Gasteiger partial charge in [-0.1, -0.05) is 31.2 Å². The number of aryl methyl sites for hydroxylation is 2. The number of benzene rings is 1. The molecule has 0 unspecified atom stereocenters. The van der Waals surface area contributed by atoms with E-state index >= 15 is 0 Å². The van der Waals surface area contributed by atoms with Crippen LogP contribution in [0.3, 0.4) is 0 Å². The summed E-state index contributed by atoms with van der Waals surface area (Å²) < 4.78 is 0. The lowest BCUT2D eigenvalue weighted by molar-refractivity contribution is 0.870. The highest BCUT2D eigenvalue weighted by atomic mass is 15.2. The van der Waals surface area contributed by atoms with Crippen LogP contribution in [0.5, 0.6) is 0 Å². The second-order valence-electron chi connectivity index (χ2n) is 5.37. The molecule has 1 N–H and O–H groups in total. The van der Waals surface area contributed by atoms with E-state index < -0.39 is 0 Å². The van der Waals surface area contributed by atoms with Gasteiger partial charge in [0.25, 0.3) is 0 Å². The van der Waals surface area contributed by atoms with E-state index in [1.165, 1.54) is 11.1 Å². The molecule has 0 spiro atoms. The summed E-state index contributed by atoms with van der Waals surface area (Å²) in [5, 5.41) is 3.33. The van der Waals surface area contributed by atoms with Crippen molar-refractivity contribution in [3.8, 4) is 0 Å². The summed E-state index contributed by atoms with van der Waals surface area (Å²) in [6, 6.07) is 10.5. The first-order valence-electron chi connectivity index (χ1n) is 7.45. The van der Waals surface area contributed by atoms with Crippen LogP contribution in [-0.2, 0) is 6.54 Å². The third-order valence-corrected chi connectivity index (χ3v) is 3.44. The fourth-order valence-corrected chi connectivity index (χ4v) is 2.22. The van der Waals surface area contributed by atoms with E-state index in [0.29, 0.717) is 0 Å². The quantitative estimate of drug-likeness (QED) is 0.880. The Balaban J connectivity index is 2.16. The van der Waals surface area contributed by atoms with Gasteiger partial charge in [-0.25, -0.2) is 9.97 Å². The molecule has 0 aliphatic rings. The van der Waals surface area contributed by atoms with E-state index in [9.17, 15) is 0 Å². The summed E-state index contributed by atoms with van der Waals surface area (Å²) in [4.78, 5) is 11.1. The molecule has 4 heteroatoms. The lowest BCUT2D eigenvalue weighted by Crippen LogP contribution is -2.19. The predicted molar refractivity (Wildman–Crippen MR) is 88.8 cm³/mol. The minimum atomic E-state index is 0.794. The molecule has 21 heavy (non-hydrogen) atoms. The zero-order chi connectivity index (χ0) is 15.2. The molecular formula is C17H24N4. The highest BCUT2D eigenvalue weighted by molar-refractivity contribution is 5.49. The Labute approximate surface area is 127 Å². The fourth-order valence-electron chi connectivity index (χ4n) is 2.22.